The molecular weight excluding hydrogens is 208 g/mol. The van der Waals surface area contributed by atoms with Gasteiger partial charge < -0.3 is 5.32 Å². The molecule has 1 aromatic rings. The van der Waals surface area contributed by atoms with Gasteiger partial charge in [0.1, 0.15) is 0 Å². The minimum Gasteiger partial charge on any atom is -0.310 e. The summed E-state index contributed by atoms with van der Waals surface area (Å²) in [6.07, 6.45) is 10.4. The molecule has 0 saturated carbocycles. The summed E-state index contributed by atoms with van der Waals surface area (Å²) in [4.78, 5) is 4.25. The van der Waals surface area contributed by atoms with Crippen LogP contribution in [0.2, 0.25) is 0 Å². The SMILES string of the molecule is CCCCCCC(NCC)c1cnccc1C. The first-order valence-electron chi connectivity index (χ1n) is 6.93. The van der Waals surface area contributed by atoms with Crippen molar-refractivity contribution in [3.8, 4) is 0 Å². The zero-order valence-corrected chi connectivity index (χ0v) is 11.5. The zero-order valence-electron chi connectivity index (χ0n) is 11.5. The average Bonchev–Trinajstić information content (AvgIpc) is 2.34. The topological polar surface area (TPSA) is 24.9 Å². The summed E-state index contributed by atoms with van der Waals surface area (Å²) in [6, 6.07) is 2.58. The number of aromatic nitrogens is 1. The molecule has 1 unspecified atom stereocenters. The van der Waals surface area contributed by atoms with Crippen molar-refractivity contribution >= 4 is 0 Å². The van der Waals surface area contributed by atoms with Crippen molar-refractivity contribution in [1.29, 1.82) is 0 Å². The highest BCUT2D eigenvalue weighted by molar-refractivity contribution is 5.24. The molecular formula is C15H26N2. The van der Waals surface area contributed by atoms with Gasteiger partial charge in [0.05, 0.1) is 0 Å². The smallest absolute Gasteiger partial charge is 0.0338 e. The molecule has 0 spiro atoms. The van der Waals surface area contributed by atoms with Crippen molar-refractivity contribution in [2.75, 3.05) is 6.54 Å². The summed E-state index contributed by atoms with van der Waals surface area (Å²) >= 11 is 0. The number of unbranched alkanes of at least 4 members (excludes halogenated alkanes) is 3. The van der Waals surface area contributed by atoms with Gasteiger partial charge in [-0.1, -0.05) is 39.5 Å². The predicted molar refractivity (Wildman–Crippen MR) is 74.2 cm³/mol. The Balaban J connectivity index is 2.56. The Hall–Kier alpha value is -0.890. The molecule has 0 aromatic carbocycles. The third kappa shape index (κ3) is 4.86. The molecule has 0 aliphatic carbocycles. The van der Waals surface area contributed by atoms with Gasteiger partial charge in [0.2, 0.25) is 0 Å². The fourth-order valence-corrected chi connectivity index (χ4v) is 2.23. The Morgan fingerprint density at radius 3 is 2.71 bits per heavy atom. The molecule has 0 amide bonds. The molecule has 1 rings (SSSR count). The van der Waals surface area contributed by atoms with Gasteiger partial charge >= 0.3 is 0 Å². The molecule has 2 heteroatoms. The second kappa shape index (κ2) is 8.24. The number of aryl methyl sites for hydroxylation is 1. The molecule has 0 bridgehead atoms. The van der Waals surface area contributed by atoms with E-state index in [9.17, 15) is 0 Å². The van der Waals surface area contributed by atoms with Crippen LogP contribution in [0.15, 0.2) is 18.5 Å². The van der Waals surface area contributed by atoms with E-state index >= 15 is 0 Å². The summed E-state index contributed by atoms with van der Waals surface area (Å²) in [5.41, 5.74) is 2.72. The lowest BCUT2D eigenvalue weighted by atomic mass is 9.98. The largest absolute Gasteiger partial charge is 0.310 e. The van der Waals surface area contributed by atoms with E-state index in [1.54, 1.807) is 0 Å². The Labute approximate surface area is 106 Å². The van der Waals surface area contributed by atoms with Crippen LogP contribution >= 0.6 is 0 Å². The molecule has 0 saturated heterocycles. The van der Waals surface area contributed by atoms with E-state index in [0.29, 0.717) is 6.04 Å². The van der Waals surface area contributed by atoms with Gasteiger partial charge in [-0.15, -0.1) is 0 Å². The maximum atomic E-state index is 4.25. The van der Waals surface area contributed by atoms with Crippen LogP contribution in [-0.2, 0) is 0 Å². The quantitative estimate of drug-likeness (QED) is 0.687. The molecule has 1 atom stereocenters. The highest BCUT2D eigenvalue weighted by Gasteiger charge is 2.12. The first-order valence-corrected chi connectivity index (χ1v) is 6.93. The van der Waals surface area contributed by atoms with Gasteiger partial charge in [-0.3, -0.25) is 4.98 Å². The monoisotopic (exact) mass is 234 g/mol. The third-order valence-corrected chi connectivity index (χ3v) is 3.25. The van der Waals surface area contributed by atoms with E-state index in [0.717, 1.165) is 6.54 Å². The van der Waals surface area contributed by atoms with Crippen LogP contribution in [0, 0.1) is 6.92 Å². The van der Waals surface area contributed by atoms with Gasteiger partial charge in [-0.05, 0) is 37.1 Å². The van der Waals surface area contributed by atoms with Crippen LogP contribution < -0.4 is 5.32 Å². The van der Waals surface area contributed by atoms with Crippen molar-refractivity contribution in [2.45, 2.75) is 58.9 Å². The number of pyridine rings is 1. The fourth-order valence-electron chi connectivity index (χ4n) is 2.23. The Kier molecular flexibility index (Phi) is 6.87. The highest BCUT2D eigenvalue weighted by Crippen LogP contribution is 2.22. The lowest BCUT2D eigenvalue weighted by molar-refractivity contribution is 0.479. The number of nitrogens with zero attached hydrogens (tertiary/aromatic N) is 1. The minimum absolute atomic E-state index is 0.477. The van der Waals surface area contributed by atoms with Crippen molar-refractivity contribution in [2.24, 2.45) is 0 Å². The molecule has 17 heavy (non-hydrogen) atoms. The summed E-state index contributed by atoms with van der Waals surface area (Å²) < 4.78 is 0. The standard InChI is InChI=1S/C15H26N2/c1-4-6-7-8-9-15(17-5-2)14-12-16-11-10-13(14)3/h10-12,15,17H,4-9H2,1-3H3. The van der Waals surface area contributed by atoms with E-state index < -0.39 is 0 Å². The molecule has 1 heterocycles. The number of nitrogens with one attached hydrogen (secondary N) is 1. The fraction of sp³-hybridized carbons (Fsp3) is 0.667. The van der Waals surface area contributed by atoms with Gasteiger partial charge in [-0.25, -0.2) is 0 Å². The third-order valence-electron chi connectivity index (χ3n) is 3.25. The second-order valence-corrected chi connectivity index (χ2v) is 4.69. The summed E-state index contributed by atoms with van der Waals surface area (Å²) in [7, 11) is 0. The predicted octanol–water partition coefficient (Wildman–Crippen LogP) is 4.01. The van der Waals surface area contributed by atoms with Crippen LogP contribution in [0.25, 0.3) is 0 Å². The lowest BCUT2D eigenvalue weighted by Crippen LogP contribution is -2.21. The summed E-state index contributed by atoms with van der Waals surface area (Å²) in [5, 5.41) is 3.58. The minimum atomic E-state index is 0.477. The Bertz CT molecular complexity index is 310. The number of hydrogen-bond donors (Lipinski definition) is 1. The molecule has 0 fully saturated rings. The maximum Gasteiger partial charge on any atom is 0.0338 e. The van der Waals surface area contributed by atoms with E-state index in [4.69, 9.17) is 0 Å². The van der Waals surface area contributed by atoms with Crippen LogP contribution in [-0.4, -0.2) is 11.5 Å². The molecule has 0 radical (unpaired) electrons. The molecule has 1 N–H and O–H groups in total. The molecule has 1 aromatic heterocycles. The number of hydrogen-bond acceptors (Lipinski definition) is 2. The lowest BCUT2D eigenvalue weighted by Gasteiger charge is -2.19. The van der Waals surface area contributed by atoms with Crippen LogP contribution in [0.1, 0.15) is 63.1 Å². The first-order chi connectivity index (χ1) is 8.29. The van der Waals surface area contributed by atoms with Gasteiger partial charge in [0.15, 0.2) is 0 Å². The van der Waals surface area contributed by atoms with Crippen molar-refractivity contribution in [1.82, 2.24) is 10.3 Å². The van der Waals surface area contributed by atoms with Gasteiger partial charge in [-0.2, -0.15) is 0 Å². The van der Waals surface area contributed by atoms with E-state index in [-0.39, 0.29) is 0 Å². The van der Waals surface area contributed by atoms with Crippen molar-refractivity contribution in [3.05, 3.63) is 29.6 Å². The van der Waals surface area contributed by atoms with E-state index in [1.165, 1.54) is 43.2 Å². The van der Waals surface area contributed by atoms with Gasteiger partial charge in [0, 0.05) is 18.4 Å². The highest BCUT2D eigenvalue weighted by atomic mass is 14.9. The van der Waals surface area contributed by atoms with Gasteiger partial charge in [0.25, 0.3) is 0 Å². The van der Waals surface area contributed by atoms with Crippen LogP contribution in [0.3, 0.4) is 0 Å². The normalized spacial score (nSPS) is 12.6. The summed E-state index contributed by atoms with van der Waals surface area (Å²) in [5.74, 6) is 0. The average molecular weight is 234 g/mol. The summed E-state index contributed by atoms with van der Waals surface area (Å²) in [6.45, 7) is 7.62. The van der Waals surface area contributed by atoms with Crippen LogP contribution in [0.5, 0.6) is 0 Å². The molecule has 2 nitrogen and oxygen atoms in total. The molecule has 96 valence electrons. The Morgan fingerprint density at radius 2 is 2.06 bits per heavy atom. The van der Waals surface area contributed by atoms with E-state index in [2.05, 4.69) is 37.1 Å². The zero-order chi connectivity index (χ0) is 12.5. The number of rotatable bonds is 8. The first kappa shape index (κ1) is 14.2. The second-order valence-electron chi connectivity index (χ2n) is 4.69. The van der Waals surface area contributed by atoms with Crippen molar-refractivity contribution in [3.63, 3.8) is 0 Å². The van der Waals surface area contributed by atoms with Crippen molar-refractivity contribution < 1.29 is 0 Å². The van der Waals surface area contributed by atoms with Crippen LogP contribution in [0.4, 0.5) is 0 Å². The Morgan fingerprint density at radius 1 is 1.24 bits per heavy atom. The molecule has 0 aliphatic heterocycles. The van der Waals surface area contributed by atoms with E-state index in [1.807, 2.05) is 12.4 Å². The molecule has 0 aliphatic rings. The maximum absolute atomic E-state index is 4.25.